The Bertz CT molecular complexity index is 3030. The summed E-state index contributed by atoms with van der Waals surface area (Å²) in [5, 5.41) is 57.2. The Morgan fingerprint density at radius 2 is 0.444 bits per heavy atom. The molecule has 6 heteroatoms. The molecule has 544 valence electrons. The molecular formula is C93H136O6. The predicted molar refractivity (Wildman–Crippen MR) is 426 cm³/mol. The highest BCUT2D eigenvalue weighted by molar-refractivity contribution is 5.88. The highest BCUT2D eigenvalue weighted by Crippen LogP contribution is 2.73. The summed E-state index contributed by atoms with van der Waals surface area (Å²) in [6.07, 6.45) is 25.6. The van der Waals surface area contributed by atoms with E-state index in [4.69, 9.17) is 20.4 Å². The van der Waals surface area contributed by atoms with Crippen LogP contribution in [0.4, 0.5) is 0 Å². The zero-order valence-electron chi connectivity index (χ0n) is 60.6. The van der Waals surface area contributed by atoms with E-state index in [0.29, 0.717) is 34.5 Å². The van der Waals surface area contributed by atoms with E-state index in [9.17, 15) is 10.2 Å². The van der Waals surface area contributed by atoms with Gasteiger partial charge < -0.3 is 30.6 Å². The Morgan fingerprint density at radius 3 is 0.697 bits per heavy atom. The van der Waals surface area contributed by atoms with Gasteiger partial charge in [-0.25, -0.2) is 0 Å². The zero-order chi connectivity index (χ0) is 69.1. The molecule has 0 amide bonds. The topological polar surface area (TPSA) is 121 Å². The fourth-order valence-electron chi connectivity index (χ4n) is 20.3. The third-order valence-corrected chi connectivity index (χ3v) is 23.4. The first-order valence-corrected chi connectivity index (χ1v) is 38.1. The molecule has 0 spiro atoms. The van der Waals surface area contributed by atoms with Gasteiger partial charge >= 0.3 is 0 Å². The minimum absolute atomic E-state index is 0. The predicted octanol–water partition coefficient (Wildman–Crippen LogP) is 26.8. The first-order valence-electron chi connectivity index (χ1n) is 38.1. The quantitative estimate of drug-likeness (QED) is 0.0842. The molecule has 16 unspecified atom stereocenters. The van der Waals surface area contributed by atoms with Crippen LogP contribution in [0.25, 0.3) is 21.5 Å². The van der Waals surface area contributed by atoms with Crippen LogP contribution in [0.1, 0.15) is 201 Å². The normalized spacial score (nSPS) is 29.6. The SMILES string of the molecule is C.C.C.CC.CC.CC.CC.CC1CC2C(C1)C1CC2C2C3CCC(C3)C12.CC1CC2C3CCC(C3)C2C1.CC1CC2C3CCC(C3)C2C1.Oc1cccc2ccccc12.Oc1cccc2ccccc12.Oc1ccccc1.Oc1ccccc1.Oc1ccccc1.Oc1ccccc1. The van der Waals surface area contributed by atoms with Crippen LogP contribution in [0.2, 0.25) is 0 Å². The number of phenolic OH excluding ortho intramolecular Hbond substituents is 6. The monoisotopic (exact) mass is 1350 g/mol. The van der Waals surface area contributed by atoms with Gasteiger partial charge in [-0.15, -0.1) is 0 Å². The minimum atomic E-state index is 0. The maximum Gasteiger partial charge on any atom is 0.123 e. The van der Waals surface area contributed by atoms with Gasteiger partial charge in [-0.3, -0.25) is 0 Å². The van der Waals surface area contributed by atoms with E-state index >= 15 is 0 Å². The molecular weight excluding hydrogens is 1210 g/mol. The van der Waals surface area contributed by atoms with E-state index in [0.717, 1.165) is 39.3 Å². The lowest BCUT2D eigenvalue weighted by Crippen LogP contribution is -2.35. The number of para-hydroxylation sites is 4. The van der Waals surface area contributed by atoms with Gasteiger partial charge in [-0.05, 0) is 287 Å². The first kappa shape index (κ1) is 84.5. The van der Waals surface area contributed by atoms with Crippen molar-refractivity contribution in [2.24, 2.45) is 112 Å². The molecule has 0 saturated heterocycles. The van der Waals surface area contributed by atoms with Crippen LogP contribution in [-0.4, -0.2) is 30.6 Å². The highest BCUT2D eigenvalue weighted by Gasteiger charge is 2.66. The Morgan fingerprint density at radius 1 is 0.222 bits per heavy atom. The highest BCUT2D eigenvalue weighted by atomic mass is 16.3. The van der Waals surface area contributed by atoms with Gasteiger partial charge in [-0.1, -0.05) is 244 Å². The maximum atomic E-state index is 9.37. The molecule has 16 atom stereocenters. The van der Waals surface area contributed by atoms with Gasteiger partial charge in [0, 0.05) is 10.8 Å². The van der Waals surface area contributed by atoms with Gasteiger partial charge in [0.25, 0.3) is 0 Å². The van der Waals surface area contributed by atoms with Crippen molar-refractivity contribution in [2.45, 2.75) is 201 Å². The van der Waals surface area contributed by atoms with Crippen molar-refractivity contribution >= 4 is 21.5 Å². The summed E-state index contributed by atoms with van der Waals surface area (Å²) in [5.74, 6) is 24.3. The van der Waals surface area contributed by atoms with Crippen molar-refractivity contribution in [1.29, 1.82) is 0 Å². The summed E-state index contributed by atoms with van der Waals surface area (Å²) in [6.45, 7) is 23.4. The Kier molecular flexibility index (Phi) is 37.3. The first-order chi connectivity index (χ1) is 46.8. The van der Waals surface area contributed by atoms with E-state index < -0.39 is 0 Å². The second-order valence-electron chi connectivity index (χ2n) is 28.8. The Balaban J connectivity index is 0.000000236. The number of phenols is 6. The molecule has 99 heavy (non-hydrogen) atoms. The van der Waals surface area contributed by atoms with Crippen molar-refractivity contribution in [2.75, 3.05) is 0 Å². The van der Waals surface area contributed by atoms with Crippen molar-refractivity contribution in [3.63, 3.8) is 0 Å². The van der Waals surface area contributed by atoms with Crippen LogP contribution in [0, 0.1) is 112 Å². The fourth-order valence-corrected chi connectivity index (χ4v) is 20.3. The third kappa shape index (κ3) is 22.8. The summed E-state index contributed by atoms with van der Waals surface area (Å²) in [5.41, 5.74) is 0. The largest absolute Gasteiger partial charge is 0.508 e. The number of aromatic hydroxyl groups is 6. The van der Waals surface area contributed by atoms with Crippen LogP contribution in [0.15, 0.2) is 206 Å². The average molecular weight is 1350 g/mol. The number of benzene rings is 8. The molecule has 19 rings (SSSR count). The van der Waals surface area contributed by atoms with Gasteiger partial charge in [0.15, 0.2) is 0 Å². The second kappa shape index (κ2) is 43.7. The molecule has 0 aliphatic heterocycles. The molecule has 8 aromatic rings. The third-order valence-electron chi connectivity index (χ3n) is 23.4. The molecule has 0 radical (unpaired) electrons. The zero-order valence-corrected chi connectivity index (χ0v) is 60.6. The molecule has 0 heterocycles. The summed E-state index contributed by atoms with van der Waals surface area (Å²) in [7, 11) is 0. The van der Waals surface area contributed by atoms with Crippen LogP contribution in [-0.2, 0) is 0 Å². The molecule has 11 fully saturated rings. The fraction of sp³-hybridized carbons (Fsp3) is 0.527. The molecule has 6 N–H and O–H groups in total. The average Bonchev–Trinajstić information content (AvgIpc) is 1.54. The number of rotatable bonds is 0. The van der Waals surface area contributed by atoms with Crippen molar-refractivity contribution < 1.29 is 30.6 Å². The van der Waals surface area contributed by atoms with Crippen LogP contribution >= 0.6 is 0 Å². The number of hydrogen-bond acceptors (Lipinski definition) is 6. The van der Waals surface area contributed by atoms with Gasteiger partial charge in [0.05, 0.1) is 0 Å². The molecule has 8 bridgehead atoms. The molecule has 6 nitrogen and oxygen atoms in total. The van der Waals surface area contributed by atoms with Crippen LogP contribution in [0.3, 0.4) is 0 Å². The van der Waals surface area contributed by atoms with E-state index in [1.54, 1.807) is 212 Å². The van der Waals surface area contributed by atoms with E-state index in [1.165, 1.54) is 94.7 Å². The molecule has 11 saturated carbocycles. The number of fused-ring (bicyclic) bond motifs is 24. The lowest BCUT2D eigenvalue weighted by Gasteiger charge is -2.40. The van der Waals surface area contributed by atoms with E-state index in [2.05, 4.69) is 20.8 Å². The Labute approximate surface area is 603 Å². The molecule has 0 aromatic heterocycles. The van der Waals surface area contributed by atoms with Crippen LogP contribution < -0.4 is 0 Å². The van der Waals surface area contributed by atoms with Crippen LogP contribution in [0.5, 0.6) is 34.5 Å². The molecule has 11 aliphatic rings. The summed E-state index contributed by atoms with van der Waals surface area (Å²) >= 11 is 0. The van der Waals surface area contributed by atoms with Crippen molar-refractivity contribution in [1.82, 2.24) is 0 Å². The summed E-state index contributed by atoms with van der Waals surface area (Å²) in [4.78, 5) is 0. The van der Waals surface area contributed by atoms with Gasteiger partial charge in [0.2, 0.25) is 0 Å². The van der Waals surface area contributed by atoms with E-state index in [-0.39, 0.29) is 22.3 Å². The lowest BCUT2D eigenvalue weighted by atomic mass is 9.64. The lowest BCUT2D eigenvalue weighted by molar-refractivity contribution is 0.0716. The molecule has 11 aliphatic carbocycles. The standard InChI is InChI=1S/C16H24.2C11H18.2C10H8O.4C6H6O.4C2H6.3CH4/c1-8-4-11-12(5-8)14-7-13(11)15-9-2-3-10(6-9)16(14)15;2*1-7-4-10-8-2-3-9(6-8)11(10)5-7;2*11-10-7-3-5-8-4-1-2-6-9(8)10;4*7-6-4-2-1-3-5-6;4*1-2;;;/h8-16H,2-7H2,1H3;2*7-11H,2-6H2,1H3;2*1-7,11H;4*1-5,7H;4*1-2H3;3*1H4. The van der Waals surface area contributed by atoms with Crippen molar-refractivity contribution in [3.8, 4) is 34.5 Å². The van der Waals surface area contributed by atoms with E-state index in [1.807, 2.05) is 152 Å². The van der Waals surface area contributed by atoms with Gasteiger partial charge in [-0.2, -0.15) is 0 Å². The summed E-state index contributed by atoms with van der Waals surface area (Å²) in [6, 6.07) is 61.4. The summed E-state index contributed by atoms with van der Waals surface area (Å²) < 4.78 is 0. The van der Waals surface area contributed by atoms with Crippen molar-refractivity contribution in [3.05, 3.63) is 206 Å². The molecule has 8 aromatic carbocycles. The number of hydrogen-bond donors (Lipinski definition) is 6. The maximum absolute atomic E-state index is 9.37. The second-order valence-corrected chi connectivity index (χ2v) is 28.8. The van der Waals surface area contributed by atoms with Gasteiger partial charge in [0.1, 0.15) is 34.5 Å². The smallest absolute Gasteiger partial charge is 0.123 e. The Hall–Kier alpha value is -6.92. The minimum Gasteiger partial charge on any atom is -0.508 e.